The van der Waals surface area contributed by atoms with Crippen LogP contribution >= 0.6 is 27.3 Å². The molecule has 0 aliphatic carbocycles. The average molecular weight is 339 g/mol. The molecule has 1 amide bonds. The summed E-state index contributed by atoms with van der Waals surface area (Å²) in [5, 5.41) is 1.93. The molecule has 19 heavy (non-hydrogen) atoms. The normalized spacial score (nSPS) is 12.2. The highest BCUT2D eigenvalue weighted by Crippen LogP contribution is 2.19. The maximum absolute atomic E-state index is 12.2. The van der Waals surface area contributed by atoms with E-state index < -0.39 is 6.04 Å². The van der Waals surface area contributed by atoms with Gasteiger partial charge in [-0.05, 0) is 29.1 Å². The molecule has 2 aromatic rings. The summed E-state index contributed by atoms with van der Waals surface area (Å²) in [5.41, 5.74) is 7.05. The minimum Gasteiger partial charge on any atom is -0.340 e. The van der Waals surface area contributed by atoms with Gasteiger partial charge >= 0.3 is 0 Å². The third-order valence-corrected chi connectivity index (χ3v) is 4.25. The summed E-state index contributed by atoms with van der Waals surface area (Å²) in [5.74, 6) is -0.0672. The van der Waals surface area contributed by atoms with Crippen LogP contribution in [0.3, 0.4) is 0 Å². The number of nitrogens with two attached hydrogens (primary N) is 1. The molecule has 0 aliphatic rings. The third kappa shape index (κ3) is 3.65. The van der Waals surface area contributed by atoms with Gasteiger partial charge in [-0.2, -0.15) is 0 Å². The monoisotopic (exact) mass is 338 g/mol. The van der Waals surface area contributed by atoms with Crippen molar-refractivity contribution in [2.45, 2.75) is 12.6 Å². The van der Waals surface area contributed by atoms with Crippen LogP contribution in [0.2, 0.25) is 0 Å². The second-order valence-corrected chi connectivity index (χ2v) is 6.21. The summed E-state index contributed by atoms with van der Waals surface area (Å²) in [7, 11) is 1.77. The molecule has 3 nitrogen and oxygen atoms in total. The largest absolute Gasteiger partial charge is 0.340 e. The molecule has 1 unspecified atom stereocenters. The Morgan fingerprint density at radius 2 is 2.21 bits per heavy atom. The van der Waals surface area contributed by atoms with Crippen LogP contribution in [-0.4, -0.2) is 17.9 Å². The van der Waals surface area contributed by atoms with Crippen LogP contribution < -0.4 is 5.73 Å². The first kappa shape index (κ1) is 14.2. The second-order valence-electron chi connectivity index (χ2n) is 4.32. The molecule has 1 heterocycles. The molecule has 2 N–H and O–H groups in total. The summed E-state index contributed by atoms with van der Waals surface area (Å²) >= 11 is 4.93. The van der Waals surface area contributed by atoms with E-state index in [1.54, 1.807) is 11.9 Å². The number of hydrogen-bond acceptors (Lipinski definition) is 3. The van der Waals surface area contributed by atoms with Crippen LogP contribution in [0.1, 0.15) is 16.5 Å². The lowest BCUT2D eigenvalue weighted by Crippen LogP contribution is -2.35. The van der Waals surface area contributed by atoms with E-state index in [4.69, 9.17) is 5.73 Å². The van der Waals surface area contributed by atoms with E-state index in [-0.39, 0.29) is 5.91 Å². The topological polar surface area (TPSA) is 46.3 Å². The van der Waals surface area contributed by atoms with Gasteiger partial charge in [-0.1, -0.05) is 34.1 Å². The number of halogens is 1. The van der Waals surface area contributed by atoms with Gasteiger partial charge in [0.05, 0.1) is 0 Å². The highest BCUT2D eigenvalue weighted by Gasteiger charge is 2.20. The Morgan fingerprint density at radius 1 is 1.42 bits per heavy atom. The number of hydrogen-bond donors (Lipinski definition) is 1. The van der Waals surface area contributed by atoms with Crippen molar-refractivity contribution in [3.05, 3.63) is 56.7 Å². The highest BCUT2D eigenvalue weighted by molar-refractivity contribution is 9.10. The molecule has 2 rings (SSSR count). The second kappa shape index (κ2) is 6.32. The van der Waals surface area contributed by atoms with E-state index in [0.717, 1.165) is 14.9 Å². The first-order chi connectivity index (χ1) is 9.08. The number of nitrogens with zero attached hydrogens (tertiary/aromatic N) is 1. The Labute approximate surface area is 125 Å². The van der Waals surface area contributed by atoms with Gasteiger partial charge in [0.2, 0.25) is 5.91 Å². The standard InChI is InChI=1S/C14H15BrN2OS/c1-17(9-10-4-2-5-11(15)8-10)14(18)13(16)12-6-3-7-19-12/h2-8,13H,9,16H2,1H3. The molecule has 0 fully saturated rings. The first-order valence-electron chi connectivity index (χ1n) is 5.86. The van der Waals surface area contributed by atoms with Crippen molar-refractivity contribution >= 4 is 33.2 Å². The maximum atomic E-state index is 12.2. The minimum absolute atomic E-state index is 0.0672. The molecule has 5 heteroatoms. The molecule has 0 aliphatic heterocycles. The van der Waals surface area contributed by atoms with E-state index in [0.29, 0.717) is 6.54 Å². The molecule has 0 radical (unpaired) electrons. The number of benzene rings is 1. The quantitative estimate of drug-likeness (QED) is 0.930. The SMILES string of the molecule is CN(Cc1cccc(Br)c1)C(=O)C(N)c1cccs1. The number of carbonyl (C=O) groups excluding carboxylic acids is 1. The van der Waals surface area contributed by atoms with Crippen molar-refractivity contribution in [1.82, 2.24) is 4.90 Å². The molecule has 1 aromatic heterocycles. The number of amides is 1. The van der Waals surface area contributed by atoms with E-state index in [9.17, 15) is 4.79 Å². The molecule has 0 bridgehead atoms. The summed E-state index contributed by atoms with van der Waals surface area (Å²) in [6.07, 6.45) is 0. The van der Waals surface area contributed by atoms with Crippen molar-refractivity contribution in [3.8, 4) is 0 Å². The number of likely N-dealkylation sites (N-methyl/N-ethyl adjacent to an activating group) is 1. The molecule has 1 aromatic carbocycles. The zero-order valence-electron chi connectivity index (χ0n) is 10.5. The van der Waals surface area contributed by atoms with Gasteiger partial charge in [0.15, 0.2) is 0 Å². The molecular weight excluding hydrogens is 324 g/mol. The van der Waals surface area contributed by atoms with Crippen LogP contribution in [-0.2, 0) is 11.3 Å². The van der Waals surface area contributed by atoms with E-state index in [1.165, 1.54) is 11.3 Å². The fraction of sp³-hybridized carbons (Fsp3) is 0.214. The van der Waals surface area contributed by atoms with Crippen molar-refractivity contribution in [2.75, 3.05) is 7.05 Å². The van der Waals surface area contributed by atoms with Crippen molar-refractivity contribution < 1.29 is 4.79 Å². The Hall–Kier alpha value is -1.17. The molecule has 100 valence electrons. The Kier molecular flexibility index (Phi) is 4.74. The molecule has 0 saturated carbocycles. The predicted octanol–water partition coefficient (Wildman–Crippen LogP) is 3.17. The van der Waals surface area contributed by atoms with E-state index in [1.807, 2.05) is 41.8 Å². The molecule has 0 saturated heterocycles. The van der Waals surface area contributed by atoms with E-state index in [2.05, 4.69) is 15.9 Å². The fourth-order valence-electron chi connectivity index (χ4n) is 1.81. The van der Waals surface area contributed by atoms with Crippen molar-refractivity contribution in [3.63, 3.8) is 0 Å². The van der Waals surface area contributed by atoms with Gasteiger partial charge in [-0.25, -0.2) is 0 Å². The summed E-state index contributed by atoms with van der Waals surface area (Å²) < 4.78 is 1.01. The molecule has 1 atom stereocenters. The van der Waals surface area contributed by atoms with Crippen LogP contribution in [0, 0.1) is 0 Å². The number of carbonyl (C=O) groups is 1. The Balaban J connectivity index is 2.03. The van der Waals surface area contributed by atoms with Crippen molar-refractivity contribution in [1.29, 1.82) is 0 Å². The van der Waals surface area contributed by atoms with Crippen LogP contribution in [0.15, 0.2) is 46.3 Å². The highest BCUT2D eigenvalue weighted by atomic mass is 79.9. The lowest BCUT2D eigenvalue weighted by atomic mass is 10.2. The van der Waals surface area contributed by atoms with Gasteiger partial charge in [0.1, 0.15) is 6.04 Å². The number of thiophene rings is 1. The van der Waals surface area contributed by atoms with Gasteiger partial charge < -0.3 is 10.6 Å². The summed E-state index contributed by atoms with van der Waals surface area (Å²) in [4.78, 5) is 14.8. The molecule has 0 spiro atoms. The van der Waals surface area contributed by atoms with Gasteiger partial charge in [0.25, 0.3) is 0 Å². The van der Waals surface area contributed by atoms with Gasteiger partial charge in [-0.3, -0.25) is 4.79 Å². The van der Waals surface area contributed by atoms with Crippen LogP contribution in [0.25, 0.3) is 0 Å². The fourth-order valence-corrected chi connectivity index (χ4v) is 2.98. The number of rotatable bonds is 4. The zero-order chi connectivity index (χ0) is 13.8. The van der Waals surface area contributed by atoms with E-state index >= 15 is 0 Å². The third-order valence-electron chi connectivity index (χ3n) is 2.80. The van der Waals surface area contributed by atoms with Gasteiger partial charge in [-0.15, -0.1) is 11.3 Å². The van der Waals surface area contributed by atoms with Crippen LogP contribution in [0.4, 0.5) is 0 Å². The summed E-state index contributed by atoms with van der Waals surface area (Å²) in [6.45, 7) is 0.553. The zero-order valence-corrected chi connectivity index (χ0v) is 12.9. The smallest absolute Gasteiger partial charge is 0.244 e. The predicted molar refractivity (Wildman–Crippen MR) is 81.9 cm³/mol. The van der Waals surface area contributed by atoms with Gasteiger partial charge in [0, 0.05) is 22.9 Å². The summed E-state index contributed by atoms with van der Waals surface area (Å²) in [6, 6.07) is 11.1. The lowest BCUT2D eigenvalue weighted by Gasteiger charge is -2.21. The molecular formula is C14H15BrN2OS. The first-order valence-corrected chi connectivity index (χ1v) is 7.53. The van der Waals surface area contributed by atoms with Crippen LogP contribution in [0.5, 0.6) is 0 Å². The average Bonchev–Trinajstić information content (AvgIpc) is 2.90. The lowest BCUT2D eigenvalue weighted by molar-refractivity contribution is -0.131. The minimum atomic E-state index is -0.572. The Morgan fingerprint density at radius 3 is 2.84 bits per heavy atom. The Bertz CT molecular complexity index is 556. The van der Waals surface area contributed by atoms with Crippen molar-refractivity contribution in [2.24, 2.45) is 5.73 Å². The maximum Gasteiger partial charge on any atom is 0.244 e.